The van der Waals surface area contributed by atoms with E-state index in [4.69, 9.17) is 0 Å². The number of hydrogen-bond donors (Lipinski definition) is 1. The fourth-order valence-corrected chi connectivity index (χ4v) is 3.93. The Labute approximate surface area is 154 Å². The van der Waals surface area contributed by atoms with Crippen molar-refractivity contribution in [2.24, 2.45) is 0 Å². The first-order chi connectivity index (χ1) is 12.6. The van der Waals surface area contributed by atoms with Crippen LogP contribution in [-0.4, -0.2) is 54.5 Å². The van der Waals surface area contributed by atoms with Gasteiger partial charge >= 0.3 is 0 Å². The number of hydrogen-bond acceptors (Lipinski definition) is 5. The van der Waals surface area contributed by atoms with Crippen molar-refractivity contribution in [1.29, 1.82) is 0 Å². The molecule has 142 valence electrons. The average Bonchev–Trinajstić information content (AvgIpc) is 3.17. The molecule has 1 amide bonds. The van der Waals surface area contributed by atoms with Gasteiger partial charge in [0, 0.05) is 44.4 Å². The zero-order valence-corrected chi connectivity index (χ0v) is 15.4. The summed E-state index contributed by atoms with van der Waals surface area (Å²) in [4.78, 5) is 28.2. The zero-order valence-electron chi connectivity index (χ0n) is 15.4. The fourth-order valence-electron chi connectivity index (χ4n) is 3.93. The van der Waals surface area contributed by atoms with Crippen LogP contribution in [-0.2, 0) is 0 Å². The molecule has 0 aliphatic carbocycles. The molecule has 1 aromatic carbocycles. The minimum Gasteiger partial charge on any atom is -0.371 e. The Morgan fingerprint density at radius 3 is 2.54 bits per heavy atom. The van der Waals surface area contributed by atoms with Crippen LogP contribution in [0.2, 0.25) is 0 Å². The van der Waals surface area contributed by atoms with Crippen molar-refractivity contribution in [2.45, 2.75) is 45.1 Å². The first-order valence-electron chi connectivity index (χ1n) is 9.65. The smallest absolute Gasteiger partial charge is 0.270 e. The van der Waals surface area contributed by atoms with Crippen molar-refractivity contribution in [1.82, 2.24) is 10.2 Å². The lowest BCUT2D eigenvalue weighted by Crippen LogP contribution is -2.45. The number of nitro groups is 1. The van der Waals surface area contributed by atoms with Crippen LogP contribution in [0.15, 0.2) is 18.2 Å². The maximum atomic E-state index is 12.9. The lowest BCUT2D eigenvalue weighted by molar-refractivity contribution is -0.384. The molecule has 0 atom stereocenters. The number of nitro benzene ring substituents is 1. The predicted molar refractivity (Wildman–Crippen MR) is 102 cm³/mol. The topological polar surface area (TPSA) is 78.7 Å². The van der Waals surface area contributed by atoms with Crippen molar-refractivity contribution in [3.63, 3.8) is 0 Å². The van der Waals surface area contributed by atoms with Crippen molar-refractivity contribution < 1.29 is 9.72 Å². The van der Waals surface area contributed by atoms with E-state index in [1.54, 1.807) is 6.07 Å². The van der Waals surface area contributed by atoms with Gasteiger partial charge in [-0.05, 0) is 44.7 Å². The number of benzene rings is 1. The van der Waals surface area contributed by atoms with Crippen LogP contribution < -0.4 is 10.2 Å². The Kier molecular flexibility index (Phi) is 6.08. The normalized spacial score (nSPS) is 18.9. The number of amides is 1. The number of anilines is 1. The number of rotatable bonds is 6. The summed E-state index contributed by atoms with van der Waals surface area (Å²) in [6.07, 6.45) is 5.19. The molecule has 1 N–H and O–H groups in total. The predicted octanol–water partition coefficient (Wildman–Crippen LogP) is 2.80. The van der Waals surface area contributed by atoms with Crippen molar-refractivity contribution >= 4 is 17.3 Å². The zero-order chi connectivity index (χ0) is 18.5. The third-order valence-corrected chi connectivity index (χ3v) is 5.34. The second kappa shape index (κ2) is 8.49. The van der Waals surface area contributed by atoms with Crippen LogP contribution >= 0.6 is 0 Å². The monoisotopic (exact) mass is 360 g/mol. The molecular weight excluding hydrogens is 332 g/mol. The van der Waals surface area contributed by atoms with Crippen LogP contribution in [0.3, 0.4) is 0 Å². The van der Waals surface area contributed by atoms with E-state index in [-0.39, 0.29) is 17.6 Å². The van der Waals surface area contributed by atoms with Crippen LogP contribution in [0.5, 0.6) is 0 Å². The average molecular weight is 360 g/mol. The molecule has 2 aliphatic rings. The van der Waals surface area contributed by atoms with Gasteiger partial charge in [0.2, 0.25) is 0 Å². The van der Waals surface area contributed by atoms with Gasteiger partial charge in [-0.15, -0.1) is 0 Å². The highest BCUT2D eigenvalue weighted by Crippen LogP contribution is 2.28. The van der Waals surface area contributed by atoms with Crippen LogP contribution in [0.4, 0.5) is 11.4 Å². The van der Waals surface area contributed by atoms with E-state index >= 15 is 0 Å². The highest BCUT2D eigenvalue weighted by atomic mass is 16.6. The molecule has 0 bridgehead atoms. The van der Waals surface area contributed by atoms with Gasteiger partial charge in [-0.3, -0.25) is 14.9 Å². The summed E-state index contributed by atoms with van der Waals surface area (Å²) in [5.74, 6) is -0.190. The van der Waals surface area contributed by atoms with Gasteiger partial charge in [0.1, 0.15) is 0 Å². The molecule has 7 nitrogen and oxygen atoms in total. The van der Waals surface area contributed by atoms with E-state index in [1.807, 2.05) is 0 Å². The highest BCUT2D eigenvalue weighted by molar-refractivity contribution is 6.00. The van der Waals surface area contributed by atoms with Gasteiger partial charge in [0.05, 0.1) is 16.2 Å². The molecule has 0 aromatic heterocycles. The molecule has 2 heterocycles. The third kappa shape index (κ3) is 4.33. The van der Waals surface area contributed by atoms with Gasteiger partial charge in [0.15, 0.2) is 0 Å². The maximum absolute atomic E-state index is 12.9. The first kappa shape index (κ1) is 18.6. The lowest BCUT2D eigenvalue weighted by Gasteiger charge is -2.32. The van der Waals surface area contributed by atoms with Crippen molar-refractivity contribution in [3.8, 4) is 0 Å². The van der Waals surface area contributed by atoms with E-state index in [0.29, 0.717) is 5.56 Å². The summed E-state index contributed by atoms with van der Waals surface area (Å²) in [5, 5.41) is 14.3. The molecule has 1 aromatic rings. The summed E-state index contributed by atoms with van der Waals surface area (Å²) in [7, 11) is 0. The Bertz CT molecular complexity index is 650. The summed E-state index contributed by atoms with van der Waals surface area (Å²) in [6, 6.07) is 4.78. The van der Waals surface area contributed by atoms with Crippen molar-refractivity contribution in [3.05, 3.63) is 33.9 Å². The molecule has 26 heavy (non-hydrogen) atoms. The van der Waals surface area contributed by atoms with Crippen LogP contribution in [0, 0.1) is 10.1 Å². The molecule has 3 rings (SSSR count). The summed E-state index contributed by atoms with van der Waals surface area (Å²) in [6.45, 7) is 7.06. The van der Waals surface area contributed by atoms with Gasteiger partial charge < -0.3 is 15.1 Å². The summed E-state index contributed by atoms with van der Waals surface area (Å²) >= 11 is 0. The Morgan fingerprint density at radius 2 is 1.92 bits per heavy atom. The van der Waals surface area contributed by atoms with E-state index in [1.165, 1.54) is 12.1 Å². The van der Waals surface area contributed by atoms with E-state index in [9.17, 15) is 14.9 Å². The van der Waals surface area contributed by atoms with Gasteiger partial charge in [-0.1, -0.05) is 6.92 Å². The number of carbonyl (C=O) groups excluding carboxylic acids is 1. The molecule has 2 aliphatic heterocycles. The third-order valence-electron chi connectivity index (χ3n) is 5.34. The number of non-ortho nitro benzene ring substituents is 1. The molecule has 0 unspecified atom stereocenters. The van der Waals surface area contributed by atoms with E-state index < -0.39 is 4.92 Å². The Hall–Kier alpha value is -2.15. The van der Waals surface area contributed by atoms with Gasteiger partial charge in [0.25, 0.3) is 11.6 Å². The highest BCUT2D eigenvalue weighted by Gasteiger charge is 2.25. The number of nitrogens with one attached hydrogen (secondary N) is 1. The molecule has 0 radical (unpaired) electrons. The molecule has 2 fully saturated rings. The summed E-state index contributed by atoms with van der Waals surface area (Å²) < 4.78 is 0. The lowest BCUT2D eigenvalue weighted by atomic mass is 10.0. The van der Waals surface area contributed by atoms with Gasteiger partial charge in [-0.25, -0.2) is 0 Å². The van der Waals surface area contributed by atoms with Crippen LogP contribution in [0.25, 0.3) is 0 Å². The van der Waals surface area contributed by atoms with Crippen LogP contribution in [0.1, 0.15) is 49.4 Å². The molecule has 7 heteroatoms. The van der Waals surface area contributed by atoms with E-state index in [0.717, 1.165) is 70.5 Å². The second-order valence-electron chi connectivity index (χ2n) is 7.24. The SMILES string of the molecule is CCCN1CCC(NC(=O)c2cc([N+](=O)[O-])ccc2N2CCCC2)CC1. The molecular formula is C19H28N4O3. The minimum atomic E-state index is -0.437. The molecule has 0 spiro atoms. The van der Waals surface area contributed by atoms with Crippen molar-refractivity contribution in [2.75, 3.05) is 37.6 Å². The second-order valence-corrected chi connectivity index (χ2v) is 7.24. The Morgan fingerprint density at radius 1 is 1.23 bits per heavy atom. The summed E-state index contributed by atoms with van der Waals surface area (Å²) in [5.41, 5.74) is 1.21. The Balaban J connectivity index is 1.72. The molecule has 0 saturated carbocycles. The quantitative estimate of drug-likeness (QED) is 0.623. The standard InChI is InChI=1S/C19H28N4O3/c1-2-9-21-12-7-15(8-13-21)20-19(24)17-14-16(23(25)26)5-6-18(17)22-10-3-4-11-22/h5-6,14-15H,2-4,7-13H2,1H3,(H,20,24). The number of carbonyl (C=O) groups is 1. The van der Waals surface area contributed by atoms with Gasteiger partial charge in [-0.2, -0.15) is 0 Å². The largest absolute Gasteiger partial charge is 0.371 e. The number of piperidine rings is 1. The number of nitrogens with zero attached hydrogens (tertiary/aromatic N) is 3. The minimum absolute atomic E-state index is 0.0316. The van der Waals surface area contributed by atoms with E-state index in [2.05, 4.69) is 22.0 Å². The molecule has 2 saturated heterocycles. The maximum Gasteiger partial charge on any atom is 0.270 e. The fraction of sp³-hybridized carbons (Fsp3) is 0.632. The first-order valence-corrected chi connectivity index (χ1v) is 9.65. The number of likely N-dealkylation sites (tertiary alicyclic amines) is 1.